The second-order valence-electron chi connectivity index (χ2n) is 11.7. The van der Waals surface area contributed by atoms with Gasteiger partial charge in [-0.2, -0.15) is 0 Å². The molecule has 6 heterocycles. The minimum Gasteiger partial charge on any atom is -0.478 e. The number of carbonyl (C=O) groups excluding carboxylic acids is 1. The molecule has 2 aliphatic heterocycles. The first-order valence-electron chi connectivity index (χ1n) is 16.2. The summed E-state index contributed by atoms with van der Waals surface area (Å²) in [5.41, 5.74) is 6.34. The lowest BCUT2D eigenvalue weighted by atomic mass is 10.0. The summed E-state index contributed by atoms with van der Waals surface area (Å²) in [6.45, 7) is 10.3. The molecular weight excluding hydrogens is 657 g/mol. The van der Waals surface area contributed by atoms with Gasteiger partial charge in [-0.1, -0.05) is 35.4 Å². The van der Waals surface area contributed by atoms with E-state index in [2.05, 4.69) is 10.3 Å². The fourth-order valence-electron chi connectivity index (χ4n) is 5.59. The Morgan fingerprint density at radius 3 is 1.67 bits per heavy atom. The lowest BCUT2D eigenvalue weighted by molar-refractivity contribution is 0.0304. The maximum Gasteiger partial charge on any atom is 0.336 e. The summed E-state index contributed by atoms with van der Waals surface area (Å²) >= 11 is 3.19. The molecule has 252 valence electrons. The molecule has 2 fully saturated rings. The number of thiophene rings is 2. The summed E-state index contributed by atoms with van der Waals surface area (Å²) < 4.78 is 10.4. The van der Waals surface area contributed by atoms with Gasteiger partial charge < -0.3 is 24.8 Å². The monoisotopic (exact) mass is 694 g/mol. The molecule has 2 saturated heterocycles. The Hall–Kier alpha value is -4.52. The highest BCUT2D eigenvalue weighted by Gasteiger charge is 2.22. The van der Waals surface area contributed by atoms with Crippen LogP contribution in [0.5, 0.6) is 0 Å². The number of morpholine rings is 2. The molecule has 0 radical (unpaired) electrons. The quantitative estimate of drug-likeness (QED) is 0.197. The van der Waals surface area contributed by atoms with Gasteiger partial charge in [-0.3, -0.25) is 4.79 Å². The van der Waals surface area contributed by atoms with Crippen LogP contribution in [0.2, 0.25) is 0 Å². The first-order valence-corrected chi connectivity index (χ1v) is 17.9. The maximum absolute atomic E-state index is 13.1. The number of aromatic carboxylic acids is 1. The highest BCUT2D eigenvalue weighted by atomic mass is 32.1. The molecule has 0 spiro atoms. The van der Waals surface area contributed by atoms with Gasteiger partial charge in [0.15, 0.2) is 0 Å². The van der Waals surface area contributed by atoms with Crippen molar-refractivity contribution in [2.75, 3.05) is 52.6 Å². The molecule has 0 saturated carbocycles. The molecule has 0 unspecified atom stereocenters. The number of hydrogen-bond acceptors (Lipinski definition) is 9. The second kappa shape index (κ2) is 16.3. The Kier molecular flexibility index (Phi) is 11.4. The Bertz CT molecular complexity index is 2030. The SMILES string of the molecule is C1COCCN1.Cc1ccc2nc(-c3cccs3)cc(C(=O)N3CCOCC3)c2c1.Cc1ccc2nc(-c3cccs3)cc(C(=O)O)c2c1. The molecule has 0 aliphatic carbocycles. The molecule has 6 aromatic rings. The van der Waals surface area contributed by atoms with Crippen molar-refractivity contribution in [3.8, 4) is 21.1 Å². The highest BCUT2D eigenvalue weighted by Crippen LogP contribution is 2.30. The number of carboxylic acid groups (broad SMARTS) is 1. The number of fused-ring (bicyclic) bond motifs is 2. The van der Waals surface area contributed by atoms with E-state index < -0.39 is 5.97 Å². The number of pyridine rings is 2. The van der Waals surface area contributed by atoms with E-state index in [9.17, 15) is 14.7 Å². The summed E-state index contributed by atoms with van der Waals surface area (Å²) in [6.07, 6.45) is 0. The van der Waals surface area contributed by atoms with Crippen molar-refractivity contribution in [2.45, 2.75) is 13.8 Å². The summed E-state index contributed by atoms with van der Waals surface area (Å²) in [5, 5.41) is 18.1. The van der Waals surface area contributed by atoms with Crippen LogP contribution >= 0.6 is 22.7 Å². The van der Waals surface area contributed by atoms with E-state index in [1.165, 1.54) is 0 Å². The average molecular weight is 695 g/mol. The molecule has 0 atom stereocenters. The summed E-state index contributed by atoms with van der Waals surface area (Å²) in [4.78, 5) is 37.8. The van der Waals surface area contributed by atoms with Crippen molar-refractivity contribution in [3.05, 3.63) is 106 Å². The van der Waals surface area contributed by atoms with Crippen molar-refractivity contribution < 1.29 is 24.2 Å². The Balaban J connectivity index is 0.000000148. The van der Waals surface area contributed by atoms with Gasteiger partial charge in [-0.15, -0.1) is 22.7 Å². The third kappa shape index (κ3) is 8.56. The Morgan fingerprint density at radius 1 is 0.714 bits per heavy atom. The fraction of sp³-hybridized carbons (Fsp3) is 0.263. The van der Waals surface area contributed by atoms with E-state index in [0.717, 1.165) is 69.3 Å². The zero-order valence-electron chi connectivity index (χ0n) is 27.5. The van der Waals surface area contributed by atoms with Crippen molar-refractivity contribution in [3.63, 3.8) is 0 Å². The zero-order valence-corrected chi connectivity index (χ0v) is 29.1. The summed E-state index contributed by atoms with van der Waals surface area (Å²) in [7, 11) is 0. The summed E-state index contributed by atoms with van der Waals surface area (Å²) in [5.74, 6) is -0.857. The van der Waals surface area contributed by atoms with Crippen LogP contribution in [0.3, 0.4) is 0 Å². The molecule has 2 aliphatic rings. The zero-order chi connectivity index (χ0) is 34.2. The standard InChI is InChI=1S/C19H18N2O2S.C15H11NO2S.C4H9NO/c1-13-4-5-16-14(11-13)15(19(22)21-6-8-23-9-7-21)12-17(20-16)18-3-2-10-24-18;1-9-4-5-12-10(7-9)11(15(17)18)8-13(16-12)14-3-2-6-19-14;1-3-6-4-2-5-1/h2-5,10-12H,6-9H2,1H3;2-8H,1H3,(H,17,18);5H,1-4H2. The van der Waals surface area contributed by atoms with Crippen molar-refractivity contribution in [2.24, 2.45) is 0 Å². The molecule has 9 nitrogen and oxygen atoms in total. The molecule has 11 heteroatoms. The number of ether oxygens (including phenoxy) is 2. The largest absolute Gasteiger partial charge is 0.478 e. The van der Waals surface area contributed by atoms with E-state index in [0.29, 0.717) is 48.5 Å². The number of nitrogens with zero attached hydrogens (tertiary/aromatic N) is 3. The molecule has 2 N–H and O–H groups in total. The summed E-state index contributed by atoms with van der Waals surface area (Å²) in [6, 6.07) is 23.3. The van der Waals surface area contributed by atoms with Crippen LogP contribution in [0.1, 0.15) is 31.8 Å². The van der Waals surface area contributed by atoms with Gasteiger partial charge in [0.25, 0.3) is 5.91 Å². The maximum atomic E-state index is 13.1. The van der Waals surface area contributed by atoms with E-state index in [1.54, 1.807) is 28.7 Å². The number of carbonyl (C=O) groups is 2. The van der Waals surface area contributed by atoms with Gasteiger partial charge in [-0.25, -0.2) is 14.8 Å². The second-order valence-corrected chi connectivity index (χ2v) is 13.6. The highest BCUT2D eigenvalue weighted by molar-refractivity contribution is 7.13. The van der Waals surface area contributed by atoms with Crippen LogP contribution in [-0.4, -0.2) is 84.5 Å². The van der Waals surface area contributed by atoms with Gasteiger partial charge in [0, 0.05) is 37.0 Å². The topological polar surface area (TPSA) is 114 Å². The minimum absolute atomic E-state index is 0.0640. The first-order chi connectivity index (χ1) is 23.9. The molecule has 2 aromatic carbocycles. The number of benzene rings is 2. The molecule has 49 heavy (non-hydrogen) atoms. The lowest BCUT2D eigenvalue weighted by Gasteiger charge is -2.27. The number of rotatable bonds is 4. The van der Waals surface area contributed by atoms with Crippen LogP contribution in [0.15, 0.2) is 83.6 Å². The number of amides is 1. The predicted octanol–water partition coefficient (Wildman–Crippen LogP) is 7.32. The molecule has 4 aromatic heterocycles. The Morgan fingerprint density at radius 2 is 1.22 bits per heavy atom. The number of aromatic nitrogens is 2. The Labute approximate surface area is 293 Å². The van der Waals surface area contributed by atoms with Crippen LogP contribution in [0, 0.1) is 13.8 Å². The predicted molar refractivity (Wildman–Crippen MR) is 197 cm³/mol. The van der Waals surface area contributed by atoms with Crippen LogP contribution in [-0.2, 0) is 9.47 Å². The van der Waals surface area contributed by atoms with Crippen LogP contribution in [0.25, 0.3) is 42.9 Å². The van der Waals surface area contributed by atoms with Crippen molar-refractivity contribution in [1.82, 2.24) is 20.2 Å². The van der Waals surface area contributed by atoms with E-state index in [1.807, 2.05) is 96.2 Å². The average Bonchev–Trinajstić information content (AvgIpc) is 3.88. The number of aryl methyl sites for hydroxylation is 2. The third-order valence-electron chi connectivity index (χ3n) is 8.08. The van der Waals surface area contributed by atoms with Gasteiger partial charge >= 0.3 is 5.97 Å². The van der Waals surface area contributed by atoms with Crippen LogP contribution in [0.4, 0.5) is 0 Å². The van der Waals surface area contributed by atoms with Gasteiger partial charge in [0.05, 0.1) is 69.7 Å². The van der Waals surface area contributed by atoms with Gasteiger partial charge in [0.1, 0.15) is 0 Å². The molecule has 0 bridgehead atoms. The van der Waals surface area contributed by atoms with E-state index in [4.69, 9.17) is 14.5 Å². The first kappa shape index (κ1) is 34.3. The fourth-order valence-corrected chi connectivity index (χ4v) is 6.96. The van der Waals surface area contributed by atoms with E-state index in [-0.39, 0.29) is 5.91 Å². The number of hydrogen-bond donors (Lipinski definition) is 2. The van der Waals surface area contributed by atoms with E-state index >= 15 is 0 Å². The lowest BCUT2D eigenvalue weighted by Crippen LogP contribution is -2.40. The molecular formula is C38H38N4O5S2. The molecule has 1 amide bonds. The third-order valence-corrected chi connectivity index (χ3v) is 9.87. The van der Waals surface area contributed by atoms with Crippen molar-refractivity contribution >= 4 is 56.4 Å². The van der Waals surface area contributed by atoms with Gasteiger partial charge in [0.2, 0.25) is 0 Å². The smallest absolute Gasteiger partial charge is 0.336 e. The normalized spacial score (nSPS) is 14.4. The minimum atomic E-state index is -0.921. The number of nitrogens with one attached hydrogen (secondary N) is 1. The van der Waals surface area contributed by atoms with Crippen LogP contribution < -0.4 is 5.32 Å². The molecule has 8 rings (SSSR count). The number of carboxylic acids is 1. The van der Waals surface area contributed by atoms with Crippen molar-refractivity contribution in [1.29, 1.82) is 0 Å². The van der Waals surface area contributed by atoms with Gasteiger partial charge in [-0.05, 0) is 73.1 Å².